The van der Waals surface area contributed by atoms with E-state index in [1.165, 1.54) is 11.1 Å². The number of hydrogen-bond donors (Lipinski definition) is 1. The Morgan fingerprint density at radius 1 is 1.40 bits per heavy atom. The molecule has 5 heteroatoms. The third-order valence-corrected chi connectivity index (χ3v) is 3.51. The average Bonchev–Trinajstić information content (AvgIpc) is 2.96. The van der Waals surface area contributed by atoms with Crippen molar-refractivity contribution in [2.75, 3.05) is 19.8 Å². The van der Waals surface area contributed by atoms with Gasteiger partial charge in [0.1, 0.15) is 0 Å². The zero-order chi connectivity index (χ0) is 13.8. The van der Waals surface area contributed by atoms with Gasteiger partial charge in [0.25, 0.3) is 5.89 Å². The van der Waals surface area contributed by atoms with Gasteiger partial charge in [-0.15, -0.1) is 0 Å². The monoisotopic (exact) mass is 273 g/mol. The Morgan fingerprint density at radius 2 is 2.35 bits per heavy atom. The molecule has 2 aromatic rings. The summed E-state index contributed by atoms with van der Waals surface area (Å²) in [7, 11) is 0. The predicted octanol–water partition coefficient (Wildman–Crippen LogP) is 1.96. The molecule has 5 nitrogen and oxygen atoms in total. The molecule has 0 aliphatic carbocycles. The molecule has 0 fully saturated rings. The summed E-state index contributed by atoms with van der Waals surface area (Å²) in [5, 5.41) is 7.41. The van der Waals surface area contributed by atoms with Crippen LogP contribution in [0.25, 0.3) is 11.5 Å². The number of ether oxygens (including phenoxy) is 1. The van der Waals surface area contributed by atoms with E-state index in [1.54, 1.807) is 0 Å². The van der Waals surface area contributed by atoms with Gasteiger partial charge in [-0.3, -0.25) is 0 Å². The van der Waals surface area contributed by atoms with Crippen LogP contribution in [-0.4, -0.2) is 29.9 Å². The minimum atomic E-state index is 0.621. The summed E-state index contributed by atoms with van der Waals surface area (Å²) in [5.41, 5.74) is 3.72. The minimum Gasteiger partial charge on any atom is -0.381 e. The van der Waals surface area contributed by atoms with E-state index in [2.05, 4.69) is 27.6 Å². The number of nitrogens with one attached hydrogen (secondary N) is 1. The van der Waals surface area contributed by atoms with Crippen molar-refractivity contribution in [1.29, 1.82) is 0 Å². The molecular weight excluding hydrogens is 254 g/mol. The van der Waals surface area contributed by atoms with E-state index in [0.29, 0.717) is 31.3 Å². The van der Waals surface area contributed by atoms with Crippen molar-refractivity contribution in [2.24, 2.45) is 0 Å². The first kappa shape index (κ1) is 13.3. The van der Waals surface area contributed by atoms with E-state index in [0.717, 1.165) is 25.1 Å². The van der Waals surface area contributed by atoms with Gasteiger partial charge in [-0.25, -0.2) is 0 Å². The summed E-state index contributed by atoms with van der Waals surface area (Å²) in [4.78, 5) is 4.48. The Labute approximate surface area is 118 Å². The maximum atomic E-state index is 5.41. The van der Waals surface area contributed by atoms with Gasteiger partial charge in [0.05, 0.1) is 6.61 Å². The Morgan fingerprint density at radius 3 is 3.25 bits per heavy atom. The zero-order valence-electron chi connectivity index (χ0n) is 11.7. The fraction of sp³-hybridized carbons (Fsp3) is 0.467. The molecule has 1 aliphatic rings. The van der Waals surface area contributed by atoms with Crippen molar-refractivity contribution in [3.05, 3.63) is 35.2 Å². The van der Waals surface area contributed by atoms with Gasteiger partial charge >= 0.3 is 0 Å². The Kier molecular flexibility index (Phi) is 4.08. The van der Waals surface area contributed by atoms with Crippen LogP contribution >= 0.6 is 0 Å². The Hall–Kier alpha value is -1.72. The quantitative estimate of drug-likeness (QED) is 0.844. The second-order valence-electron chi connectivity index (χ2n) is 4.83. The summed E-state index contributed by atoms with van der Waals surface area (Å²) in [6.45, 7) is 5.23. The van der Waals surface area contributed by atoms with Crippen LogP contribution in [0.15, 0.2) is 22.7 Å². The van der Waals surface area contributed by atoms with E-state index >= 15 is 0 Å². The maximum absolute atomic E-state index is 5.41. The second kappa shape index (κ2) is 6.15. The second-order valence-corrected chi connectivity index (χ2v) is 4.83. The van der Waals surface area contributed by atoms with Crippen molar-refractivity contribution < 1.29 is 9.26 Å². The van der Waals surface area contributed by atoms with Crippen LogP contribution in [0.2, 0.25) is 0 Å². The summed E-state index contributed by atoms with van der Waals surface area (Å²) in [6.07, 6.45) is 1.69. The summed E-state index contributed by atoms with van der Waals surface area (Å²) < 4.78 is 10.7. The van der Waals surface area contributed by atoms with Crippen molar-refractivity contribution >= 4 is 0 Å². The summed E-state index contributed by atoms with van der Waals surface area (Å²) in [5.74, 6) is 1.33. The molecule has 2 heterocycles. The number of rotatable bonds is 5. The SMILES string of the molecule is CCOCCc1noc(-c2cccc3c2CCNC3)n1. The Bertz CT molecular complexity index is 580. The molecular formula is C15H19N3O2. The van der Waals surface area contributed by atoms with Crippen LogP contribution in [0.3, 0.4) is 0 Å². The lowest BCUT2D eigenvalue weighted by Gasteiger charge is -2.18. The van der Waals surface area contributed by atoms with Crippen LogP contribution in [0.5, 0.6) is 0 Å². The Balaban J connectivity index is 1.82. The molecule has 20 heavy (non-hydrogen) atoms. The van der Waals surface area contributed by atoms with E-state index in [-0.39, 0.29) is 0 Å². The molecule has 1 aliphatic heterocycles. The number of fused-ring (bicyclic) bond motifs is 1. The van der Waals surface area contributed by atoms with Crippen molar-refractivity contribution in [3.63, 3.8) is 0 Å². The van der Waals surface area contributed by atoms with Crippen molar-refractivity contribution in [2.45, 2.75) is 26.3 Å². The molecule has 0 saturated heterocycles. The average molecular weight is 273 g/mol. The highest BCUT2D eigenvalue weighted by Crippen LogP contribution is 2.27. The van der Waals surface area contributed by atoms with Crippen molar-refractivity contribution in [3.8, 4) is 11.5 Å². The van der Waals surface area contributed by atoms with Crippen LogP contribution in [-0.2, 0) is 24.1 Å². The molecule has 0 atom stereocenters. The third kappa shape index (κ3) is 2.73. The van der Waals surface area contributed by atoms with Crippen molar-refractivity contribution in [1.82, 2.24) is 15.5 Å². The maximum Gasteiger partial charge on any atom is 0.258 e. The van der Waals surface area contributed by atoms with E-state index in [9.17, 15) is 0 Å². The van der Waals surface area contributed by atoms with Crippen LogP contribution < -0.4 is 5.32 Å². The molecule has 1 aromatic heterocycles. The third-order valence-electron chi connectivity index (χ3n) is 3.51. The molecule has 0 saturated carbocycles. The molecule has 1 N–H and O–H groups in total. The van der Waals surface area contributed by atoms with Crippen LogP contribution in [0.4, 0.5) is 0 Å². The first-order valence-electron chi connectivity index (χ1n) is 7.10. The first-order chi connectivity index (χ1) is 9.88. The summed E-state index contributed by atoms with van der Waals surface area (Å²) >= 11 is 0. The van der Waals surface area contributed by atoms with E-state index in [4.69, 9.17) is 9.26 Å². The van der Waals surface area contributed by atoms with Gasteiger partial charge in [0.2, 0.25) is 0 Å². The minimum absolute atomic E-state index is 0.621. The lowest BCUT2D eigenvalue weighted by atomic mass is 9.95. The highest BCUT2D eigenvalue weighted by molar-refractivity contribution is 5.61. The largest absolute Gasteiger partial charge is 0.381 e. The lowest BCUT2D eigenvalue weighted by Crippen LogP contribution is -2.24. The highest BCUT2D eigenvalue weighted by atomic mass is 16.5. The molecule has 3 rings (SSSR count). The molecule has 0 bridgehead atoms. The van der Waals surface area contributed by atoms with E-state index in [1.807, 2.05) is 13.0 Å². The fourth-order valence-electron chi connectivity index (χ4n) is 2.51. The zero-order valence-corrected chi connectivity index (χ0v) is 11.7. The van der Waals surface area contributed by atoms with Gasteiger partial charge < -0.3 is 14.6 Å². The van der Waals surface area contributed by atoms with Crippen LogP contribution in [0, 0.1) is 0 Å². The smallest absolute Gasteiger partial charge is 0.258 e. The van der Waals surface area contributed by atoms with Gasteiger partial charge in [-0.1, -0.05) is 17.3 Å². The normalized spacial score (nSPS) is 14.2. The summed E-state index contributed by atoms with van der Waals surface area (Å²) in [6, 6.07) is 6.26. The molecule has 0 amide bonds. The highest BCUT2D eigenvalue weighted by Gasteiger charge is 2.17. The van der Waals surface area contributed by atoms with Gasteiger partial charge in [-0.05, 0) is 37.1 Å². The molecule has 0 spiro atoms. The topological polar surface area (TPSA) is 60.2 Å². The molecule has 1 aromatic carbocycles. The van der Waals surface area contributed by atoms with Crippen LogP contribution in [0.1, 0.15) is 23.9 Å². The molecule has 0 radical (unpaired) electrons. The lowest BCUT2D eigenvalue weighted by molar-refractivity contribution is 0.149. The fourth-order valence-corrected chi connectivity index (χ4v) is 2.51. The van der Waals surface area contributed by atoms with E-state index < -0.39 is 0 Å². The first-order valence-corrected chi connectivity index (χ1v) is 7.10. The molecule has 0 unspecified atom stereocenters. The number of aromatic nitrogens is 2. The van der Waals surface area contributed by atoms with Gasteiger partial charge in [0.15, 0.2) is 5.82 Å². The molecule has 106 valence electrons. The van der Waals surface area contributed by atoms with Gasteiger partial charge in [-0.2, -0.15) is 4.98 Å². The number of hydrogen-bond acceptors (Lipinski definition) is 5. The number of benzene rings is 1. The standard InChI is InChI=1S/C15H19N3O2/c1-2-19-9-7-14-17-15(20-18-14)13-5-3-4-11-10-16-8-6-12(11)13/h3-5,16H,2,6-10H2,1H3. The number of nitrogens with zero attached hydrogens (tertiary/aromatic N) is 2. The van der Waals surface area contributed by atoms with Gasteiger partial charge in [0, 0.05) is 25.1 Å². The predicted molar refractivity (Wildman–Crippen MR) is 75.3 cm³/mol.